The minimum absolute atomic E-state index is 0.107. The van der Waals surface area contributed by atoms with Crippen molar-refractivity contribution < 1.29 is 14.3 Å². The summed E-state index contributed by atoms with van der Waals surface area (Å²) in [5.41, 5.74) is 1.66. The number of carbonyl (C=O) groups excluding carboxylic acids is 1. The van der Waals surface area contributed by atoms with Gasteiger partial charge in [-0.15, -0.1) is 0 Å². The maximum Gasteiger partial charge on any atom is 0.284 e. The number of aryl methyl sites for hydroxylation is 1. The molecule has 1 amide bonds. The molecule has 30 heavy (non-hydrogen) atoms. The van der Waals surface area contributed by atoms with Gasteiger partial charge in [0.25, 0.3) is 11.5 Å². The third-order valence-electron chi connectivity index (χ3n) is 5.26. The first-order chi connectivity index (χ1) is 14.5. The summed E-state index contributed by atoms with van der Waals surface area (Å²) in [6.07, 6.45) is 1.87. The van der Waals surface area contributed by atoms with Crippen LogP contribution in [0.25, 0.3) is 16.9 Å². The first-order valence-electron chi connectivity index (χ1n) is 9.85. The van der Waals surface area contributed by atoms with Crippen molar-refractivity contribution in [1.29, 1.82) is 0 Å². The van der Waals surface area contributed by atoms with Crippen molar-refractivity contribution in [2.75, 3.05) is 6.61 Å². The summed E-state index contributed by atoms with van der Waals surface area (Å²) >= 11 is 0. The lowest BCUT2D eigenvalue weighted by molar-refractivity contribution is 0.0906. The van der Waals surface area contributed by atoms with E-state index in [2.05, 4.69) is 10.4 Å². The minimum atomic E-state index is -0.651. The lowest BCUT2D eigenvalue weighted by Crippen LogP contribution is -2.42. The van der Waals surface area contributed by atoms with E-state index in [1.807, 2.05) is 31.2 Å². The summed E-state index contributed by atoms with van der Waals surface area (Å²) in [4.78, 5) is 26.0. The van der Waals surface area contributed by atoms with E-state index < -0.39 is 23.3 Å². The molecule has 7 heteroatoms. The topological polar surface area (TPSA) is 84.2 Å². The fourth-order valence-corrected chi connectivity index (χ4v) is 3.36. The molecular weight excluding hydrogens is 385 g/mol. The van der Waals surface area contributed by atoms with E-state index >= 15 is 0 Å². The molecule has 154 valence electrons. The van der Waals surface area contributed by atoms with Gasteiger partial charge < -0.3 is 10.4 Å². The zero-order valence-electron chi connectivity index (χ0n) is 16.5. The van der Waals surface area contributed by atoms with Crippen LogP contribution < -0.4 is 10.9 Å². The van der Waals surface area contributed by atoms with Crippen LogP contribution in [0.4, 0.5) is 4.39 Å². The van der Waals surface area contributed by atoms with E-state index in [0.29, 0.717) is 5.69 Å². The van der Waals surface area contributed by atoms with Crippen LogP contribution in [0, 0.1) is 18.7 Å². The van der Waals surface area contributed by atoms with Gasteiger partial charge in [0.05, 0.1) is 24.0 Å². The summed E-state index contributed by atoms with van der Waals surface area (Å²) < 4.78 is 14.8. The Bertz CT molecular complexity index is 1140. The standard InChI is InChI=1S/C23H22FN3O3/c1-14-5-7-15(8-6-14)20-12-19(22(29)25-21(13-28)16-9-10-16)23(30)27(26-20)18-4-2-3-17(24)11-18/h2-8,11-12,16,21,28H,9-10,13H2,1H3,(H,25,29)/t21-/m0/s1. The number of amides is 1. The number of hydrogen-bond acceptors (Lipinski definition) is 4. The van der Waals surface area contributed by atoms with Crippen molar-refractivity contribution in [3.63, 3.8) is 0 Å². The Morgan fingerprint density at radius 2 is 1.97 bits per heavy atom. The molecule has 2 aromatic carbocycles. The predicted octanol–water partition coefficient (Wildman–Crippen LogP) is 2.85. The molecule has 0 unspecified atom stereocenters. The second-order valence-corrected chi connectivity index (χ2v) is 7.61. The normalized spacial score (nSPS) is 14.4. The largest absolute Gasteiger partial charge is 0.394 e. The molecule has 1 aromatic heterocycles. The second-order valence-electron chi connectivity index (χ2n) is 7.61. The van der Waals surface area contributed by atoms with E-state index in [4.69, 9.17) is 0 Å². The fourth-order valence-electron chi connectivity index (χ4n) is 3.36. The molecule has 0 bridgehead atoms. The molecule has 6 nitrogen and oxygen atoms in total. The molecule has 1 aliphatic carbocycles. The van der Waals surface area contributed by atoms with E-state index in [1.54, 1.807) is 6.07 Å². The molecule has 1 aliphatic rings. The van der Waals surface area contributed by atoms with Crippen LogP contribution in [0.2, 0.25) is 0 Å². The van der Waals surface area contributed by atoms with Gasteiger partial charge in [-0.3, -0.25) is 9.59 Å². The van der Waals surface area contributed by atoms with Crippen LogP contribution in [0.15, 0.2) is 59.4 Å². The number of rotatable bonds is 6. The quantitative estimate of drug-likeness (QED) is 0.658. The first kappa shape index (κ1) is 20.0. The molecule has 4 rings (SSSR count). The van der Waals surface area contributed by atoms with Crippen LogP contribution in [-0.4, -0.2) is 33.4 Å². The monoisotopic (exact) mass is 407 g/mol. The molecule has 0 aliphatic heterocycles. The number of aromatic nitrogens is 2. The van der Waals surface area contributed by atoms with Crippen LogP contribution >= 0.6 is 0 Å². The summed E-state index contributed by atoms with van der Waals surface area (Å²) in [7, 11) is 0. The molecule has 3 aromatic rings. The van der Waals surface area contributed by atoms with Gasteiger partial charge in [0.15, 0.2) is 0 Å². The van der Waals surface area contributed by atoms with Crippen molar-refractivity contribution in [2.45, 2.75) is 25.8 Å². The van der Waals surface area contributed by atoms with E-state index in [-0.39, 0.29) is 23.8 Å². The number of benzene rings is 2. The molecule has 0 saturated heterocycles. The number of carbonyl (C=O) groups is 1. The Balaban J connectivity index is 1.82. The van der Waals surface area contributed by atoms with Gasteiger partial charge in [0.2, 0.25) is 0 Å². The number of aliphatic hydroxyl groups is 1. The SMILES string of the molecule is Cc1ccc(-c2cc(C(=O)N[C@@H](CO)C3CC3)c(=O)n(-c3cccc(F)c3)n2)cc1. The molecule has 0 spiro atoms. The molecule has 1 saturated carbocycles. The van der Waals surface area contributed by atoms with Crippen molar-refractivity contribution >= 4 is 5.91 Å². The highest BCUT2D eigenvalue weighted by Crippen LogP contribution is 2.32. The minimum Gasteiger partial charge on any atom is -0.394 e. The third-order valence-corrected chi connectivity index (χ3v) is 5.26. The Kier molecular flexibility index (Phi) is 5.46. The van der Waals surface area contributed by atoms with Gasteiger partial charge >= 0.3 is 0 Å². The maximum atomic E-state index is 13.8. The first-order valence-corrected chi connectivity index (χ1v) is 9.85. The van der Waals surface area contributed by atoms with Crippen LogP contribution in [0.3, 0.4) is 0 Å². The second kappa shape index (κ2) is 8.20. The molecular formula is C23H22FN3O3. The van der Waals surface area contributed by atoms with Crippen molar-refractivity contribution in [2.24, 2.45) is 5.92 Å². The third kappa shape index (κ3) is 4.16. The average Bonchev–Trinajstić information content (AvgIpc) is 3.58. The maximum absolute atomic E-state index is 13.8. The lowest BCUT2D eigenvalue weighted by atomic mass is 10.1. The molecule has 1 atom stereocenters. The number of hydrogen-bond donors (Lipinski definition) is 2. The van der Waals surface area contributed by atoms with E-state index in [0.717, 1.165) is 28.7 Å². The van der Waals surface area contributed by atoms with Gasteiger partial charge in [-0.2, -0.15) is 9.78 Å². The Hall–Kier alpha value is -3.32. The molecule has 2 N–H and O–H groups in total. The van der Waals surface area contributed by atoms with Gasteiger partial charge in [-0.25, -0.2) is 4.39 Å². The van der Waals surface area contributed by atoms with Crippen molar-refractivity contribution in [1.82, 2.24) is 15.1 Å². The van der Waals surface area contributed by atoms with Gasteiger partial charge in [0.1, 0.15) is 11.4 Å². The number of aliphatic hydroxyl groups excluding tert-OH is 1. The summed E-state index contributed by atoms with van der Waals surface area (Å²) in [5.74, 6) is -0.864. The smallest absolute Gasteiger partial charge is 0.284 e. The van der Waals surface area contributed by atoms with Gasteiger partial charge in [-0.05, 0) is 49.9 Å². The van der Waals surface area contributed by atoms with Gasteiger partial charge in [0, 0.05) is 5.56 Å². The molecule has 1 heterocycles. The lowest BCUT2D eigenvalue weighted by Gasteiger charge is -2.16. The molecule has 1 fully saturated rings. The van der Waals surface area contributed by atoms with Crippen molar-refractivity contribution in [3.05, 3.63) is 81.9 Å². The van der Waals surface area contributed by atoms with Gasteiger partial charge in [-0.1, -0.05) is 35.9 Å². The summed E-state index contributed by atoms with van der Waals surface area (Å²) in [6.45, 7) is 1.76. The average molecular weight is 407 g/mol. The zero-order valence-corrected chi connectivity index (χ0v) is 16.5. The predicted molar refractivity (Wildman–Crippen MR) is 111 cm³/mol. The molecule has 0 radical (unpaired) electrons. The highest BCUT2D eigenvalue weighted by atomic mass is 19.1. The summed E-state index contributed by atoms with van der Waals surface area (Å²) in [6, 6.07) is 14.1. The number of halogens is 1. The highest BCUT2D eigenvalue weighted by molar-refractivity contribution is 5.95. The zero-order chi connectivity index (χ0) is 21.3. The number of nitrogens with zero attached hydrogens (tertiary/aromatic N) is 2. The van der Waals surface area contributed by atoms with Crippen LogP contribution in [0.5, 0.6) is 0 Å². The summed E-state index contributed by atoms with van der Waals surface area (Å²) in [5, 5.41) is 16.7. The van der Waals surface area contributed by atoms with Crippen LogP contribution in [0.1, 0.15) is 28.8 Å². The van der Waals surface area contributed by atoms with Crippen molar-refractivity contribution in [3.8, 4) is 16.9 Å². The van der Waals surface area contributed by atoms with Crippen LogP contribution in [-0.2, 0) is 0 Å². The van der Waals surface area contributed by atoms with E-state index in [1.165, 1.54) is 24.3 Å². The Labute approximate surface area is 173 Å². The Morgan fingerprint density at radius 3 is 2.60 bits per heavy atom. The Morgan fingerprint density at radius 1 is 1.23 bits per heavy atom. The van der Waals surface area contributed by atoms with E-state index in [9.17, 15) is 19.1 Å². The number of nitrogens with one attached hydrogen (secondary N) is 1. The highest BCUT2D eigenvalue weighted by Gasteiger charge is 2.32. The fraction of sp³-hybridized carbons (Fsp3) is 0.261.